The molecule has 0 N–H and O–H groups in total. The molecule has 0 aliphatic heterocycles. The van der Waals surface area contributed by atoms with Gasteiger partial charge in [0.05, 0.1) is 0 Å². The van der Waals surface area contributed by atoms with Crippen LogP contribution in [0, 0.1) is 0 Å². The predicted octanol–water partition coefficient (Wildman–Crippen LogP) is 13.8. The molecule has 0 amide bonds. The van der Waals surface area contributed by atoms with Crippen LogP contribution < -0.4 is 0 Å². The zero-order valence-electron chi connectivity index (χ0n) is 26.7. The van der Waals surface area contributed by atoms with Crippen molar-refractivity contribution in [3.8, 4) is 0 Å². The van der Waals surface area contributed by atoms with Crippen LogP contribution in [0.1, 0.15) is 45.4 Å². The Bertz CT molecular complexity index is 1400. The van der Waals surface area contributed by atoms with Crippen molar-refractivity contribution in [3.05, 3.63) is 0 Å². The maximum absolute atomic E-state index is 14.0. The van der Waals surface area contributed by atoms with Gasteiger partial charge in [0.1, 0.15) is 0 Å². The van der Waals surface area contributed by atoms with E-state index in [1.54, 1.807) is 0 Å². The van der Waals surface area contributed by atoms with Crippen molar-refractivity contribution < 1.29 is 149 Å². The van der Waals surface area contributed by atoms with Crippen molar-refractivity contribution in [2.24, 2.45) is 0 Å². The third-order valence-corrected chi connectivity index (χ3v) is 7.86. The second-order valence-corrected chi connectivity index (χ2v) is 11.8. The van der Waals surface area contributed by atoms with E-state index >= 15 is 0 Å². The highest BCUT2D eigenvalue weighted by Crippen LogP contribution is 2.70. The number of hydrogen-bond acceptors (Lipinski definition) is 0. The Morgan fingerprint density at radius 3 is 0.655 bits per heavy atom. The summed E-state index contributed by atoms with van der Waals surface area (Å²) in [7, 11) is 0. The third-order valence-electron chi connectivity index (χ3n) is 7.86. The minimum Gasteiger partial charge on any atom is -0.241 e. The molecule has 0 nitrogen and oxygen atoms in total. The Hall–Kier alpha value is -2.38. The van der Waals surface area contributed by atoms with Gasteiger partial charge in [-0.25, -0.2) is 4.39 Å². The number of alkyl halides is 34. The zero-order chi connectivity index (χ0) is 47.8. The molecular formula is C24H16F34. The van der Waals surface area contributed by atoms with E-state index in [1.165, 1.54) is 6.92 Å². The van der Waals surface area contributed by atoms with Gasteiger partial charge < -0.3 is 0 Å². The van der Waals surface area contributed by atoms with Gasteiger partial charge in [-0.1, -0.05) is 39.0 Å². The standard InChI is InChI=1S/C24H16F34/c1-2-3-4-5-6-7-8(25)9(26,27)10(28,29)11(30,31)12(32,33)13(34,35)14(36,37)15(38,39)16(40,41)17(42,43)18(44,45)19(46,47)20(48,49)21(50,51)22(52,53)23(54,55)24(56,57)58/h8H,2-7H2,1H3. The maximum Gasteiger partial charge on any atom is 0.460 e. The molecule has 58 heavy (non-hydrogen) atoms. The van der Waals surface area contributed by atoms with Gasteiger partial charge in [-0.15, -0.1) is 0 Å². The van der Waals surface area contributed by atoms with Crippen LogP contribution in [0.15, 0.2) is 0 Å². The van der Waals surface area contributed by atoms with Crippen LogP contribution in [0.5, 0.6) is 0 Å². The van der Waals surface area contributed by atoms with Crippen LogP contribution in [0.2, 0.25) is 0 Å². The fraction of sp³-hybridized carbons (Fsp3) is 1.00. The molecular weight excluding hydrogens is 934 g/mol. The molecule has 0 heterocycles. The molecule has 34 heteroatoms. The Balaban J connectivity index is 7.53. The van der Waals surface area contributed by atoms with E-state index in [4.69, 9.17) is 0 Å². The first-order valence-corrected chi connectivity index (χ1v) is 14.1. The molecule has 0 radical (unpaired) electrons. The first-order valence-electron chi connectivity index (χ1n) is 14.1. The largest absolute Gasteiger partial charge is 0.460 e. The van der Waals surface area contributed by atoms with Crippen LogP contribution in [0.4, 0.5) is 149 Å². The van der Waals surface area contributed by atoms with Crippen LogP contribution in [-0.4, -0.2) is 101 Å². The summed E-state index contributed by atoms with van der Waals surface area (Å²) in [5.41, 5.74) is 0. The summed E-state index contributed by atoms with van der Waals surface area (Å²) in [6, 6.07) is 0. The Morgan fingerprint density at radius 2 is 0.448 bits per heavy atom. The lowest BCUT2D eigenvalue weighted by Crippen LogP contribution is -2.80. The minimum absolute atomic E-state index is 0.103. The maximum atomic E-state index is 14.0. The van der Waals surface area contributed by atoms with Crippen LogP contribution >= 0.6 is 0 Å². The quantitative estimate of drug-likeness (QED) is 0.0794. The molecule has 0 aromatic heterocycles. The molecule has 1 unspecified atom stereocenters. The van der Waals surface area contributed by atoms with Crippen molar-refractivity contribution in [2.45, 2.75) is 147 Å². The summed E-state index contributed by atoms with van der Waals surface area (Å²) in [5, 5.41) is 0. The van der Waals surface area contributed by atoms with Gasteiger partial charge >= 0.3 is 95.0 Å². The first-order chi connectivity index (χ1) is 24.7. The monoisotopic (exact) mass is 950 g/mol. The average Bonchev–Trinajstić information content (AvgIpc) is 3.02. The van der Waals surface area contributed by atoms with Crippen molar-refractivity contribution in [2.75, 3.05) is 0 Å². The molecule has 0 rings (SSSR count). The summed E-state index contributed by atoms with van der Waals surface area (Å²) in [5.74, 6) is -144. The molecule has 350 valence electrons. The van der Waals surface area contributed by atoms with Gasteiger partial charge in [0, 0.05) is 0 Å². The molecule has 0 aliphatic carbocycles. The van der Waals surface area contributed by atoms with Gasteiger partial charge in [-0.3, -0.25) is 0 Å². The molecule has 0 aliphatic rings. The molecule has 0 fully saturated rings. The molecule has 1 atom stereocenters. The Labute approximate surface area is 297 Å². The van der Waals surface area contributed by atoms with Crippen LogP contribution in [-0.2, 0) is 0 Å². The highest BCUT2D eigenvalue weighted by Gasteiger charge is 3.02. The summed E-state index contributed by atoms with van der Waals surface area (Å²) in [4.78, 5) is 0. The molecule has 0 saturated carbocycles. The number of halogens is 34. The van der Waals surface area contributed by atoms with E-state index in [2.05, 4.69) is 0 Å². The van der Waals surface area contributed by atoms with Gasteiger partial charge in [-0.2, -0.15) is 145 Å². The van der Waals surface area contributed by atoms with Gasteiger partial charge in [-0.05, 0) is 6.42 Å². The van der Waals surface area contributed by atoms with E-state index < -0.39 is 120 Å². The molecule has 0 spiro atoms. The number of rotatable bonds is 21. The van der Waals surface area contributed by atoms with E-state index in [1.807, 2.05) is 0 Å². The SMILES string of the molecule is CCCCCCCC(F)C(F)(F)C(F)(F)C(F)(F)C(F)(F)C(F)(F)C(F)(F)C(F)(F)C(F)(F)C(F)(F)C(F)(F)C(F)(F)C(F)(F)C(F)(F)C(F)(F)C(F)(F)C(F)(F)F. The first kappa shape index (κ1) is 55.6. The fourth-order valence-electron chi connectivity index (χ4n) is 4.06. The Morgan fingerprint density at radius 1 is 0.259 bits per heavy atom. The lowest BCUT2D eigenvalue weighted by Gasteiger charge is -2.47. The van der Waals surface area contributed by atoms with Crippen molar-refractivity contribution >= 4 is 0 Å². The minimum atomic E-state index is -10.2. The van der Waals surface area contributed by atoms with Crippen LogP contribution in [0.3, 0.4) is 0 Å². The van der Waals surface area contributed by atoms with Crippen molar-refractivity contribution in [3.63, 3.8) is 0 Å². The van der Waals surface area contributed by atoms with E-state index in [-0.39, 0.29) is 12.8 Å². The molecule has 0 aromatic carbocycles. The van der Waals surface area contributed by atoms with Gasteiger partial charge in [0.25, 0.3) is 0 Å². The second-order valence-electron chi connectivity index (χ2n) is 11.8. The van der Waals surface area contributed by atoms with Crippen molar-refractivity contribution in [1.29, 1.82) is 0 Å². The van der Waals surface area contributed by atoms with E-state index in [0.29, 0.717) is 6.42 Å². The van der Waals surface area contributed by atoms with Crippen molar-refractivity contribution in [1.82, 2.24) is 0 Å². The fourth-order valence-corrected chi connectivity index (χ4v) is 4.06. The Kier molecular flexibility index (Phi) is 14.3. The zero-order valence-corrected chi connectivity index (χ0v) is 26.7. The third kappa shape index (κ3) is 7.00. The van der Waals surface area contributed by atoms with E-state index in [9.17, 15) is 149 Å². The van der Waals surface area contributed by atoms with Gasteiger partial charge in [0.15, 0.2) is 6.17 Å². The number of unbranched alkanes of at least 4 members (excludes halogenated alkanes) is 4. The van der Waals surface area contributed by atoms with Gasteiger partial charge in [0.2, 0.25) is 0 Å². The average molecular weight is 950 g/mol. The normalized spacial score (nSPS) is 17.2. The second kappa shape index (κ2) is 14.9. The topological polar surface area (TPSA) is 0 Å². The van der Waals surface area contributed by atoms with E-state index in [0.717, 1.165) is 0 Å². The summed E-state index contributed by atoms with van der Waals surface area (Å²) in [6.45, 7) is 1.45. The highest BCUT2D eigenvalue weighted by molar-refractivity contribution is 5.22. The van der Waals surface area contributed by atoms with Crippen LogP contribution in [0.25, 0.3) is 0 Å². The summed E-state index contributed by atoms with van der Waals surface area (Å²) in [6.07, 6.45) is -16.7. The highest BCUT2D eigenvalue weighted by atomic mass is 19.4. The molecule has 0 saturated heterocycles. The molecule has 0 bridgehead atoms. The predicted molar refractivity (Wildman–Crippen MR) is 119 cm³/mol. The summed E-state index contributed by atoms with van der Waals surface area (Å²) >= 11 is 0. The molecule has 0 aromatic rings. The lowest BCUT2D eigenvalue weighted by atomic mass is 9.82. The smallest absolute Gasteiger partial charge is 0.241 e. The lowest BCUT2D eigenvalue weighted by molar-refractivity contribution is -0.491. The summed E-state index contributed by atoms with van der Waals surface area (Å²) < 4.78 is 464. The number of hydrogen-bond donors (Lipinski definition) is 0.